The number of nitrogens with one attached hydrogen (secondary N) is 1. The minimum Gasteiger partial charge on any atom is -0.374 e. The van der Waals surface area contributed by atoms with Crippen molar-refractivity contribution in [2.45, 2.75) is 51.3 Å². The molecule has 0 unspecified atom stereocenters. The molecule has 0 aromatic heterocycles. The number of hydrogen-bond donors (Lipinski definition) is 2. The number of ether oxygens (including phenoxy) is 1. The van der Waals surface area contributed by atoms with Crippen LogP contribution in [0.5, 0.6) is 0 Å². The number of halogens is 3. The quantitative estimate of drug-likeness (QED) is 0.733. The summed E-state index contributed by atoms with van der Waals surface area (Å²) in [7, 11) is 0. The van der Waals surface area contributed by atoms with E-state index in [-0.39, 0.29) is 36.0 Å². The van der Waals surface area contributed by atoms with Gasteiger partial charge < -0.3 is 20.7 Å². The third-order valence-electron chi connectivity index (χ3n) is 4.39. The summed E-state index contributed by atoms with van der Waals surface area (Å²) in [6.45, 7) is 8.06. The zero-order chi connectivity index (χ0) is 20.2. The number of carbonyl (C=O) groups excluding carboxylic acids is 1. The SMILES string of the molecule is CC(C)(C)OC[C@H]1CNCCN1C(=O)C[C@H](N)Cc1cc(F)c(F)cc1F. The van der Waals surface area contributed by atoms with Gasteiger partial charge in [0, 0.05) is 38.2 Å². The lowest BCUT2D eigenvalue weighted by molar-refractivity contribution is -0.138. The first-order valence-electron chi connectivity index (χ1n) is 9.10. The van der Waals surface area contributed by atoms with Gasteiger partial charge in [0.1, 0.15) is 5.82 Å². The van der Waals surface area contributed by atoms with Crippen LogP contribution in [-0.4, -0.2) is 54.7 Å². The average Bonchev–Trinajstić information content (AvgIpc) is 2.57. The summed E-state index contributed by atoms with van der Waals surface area (Å²) in [5.41, 5.74) is 5.63. The van der Waals surface area contributed by atoms with E-state index < -0.39 is 23.5 Å². The fourth-order valence-corrected chi connectivity index (χ4v) is 3.00. The number of piperazine rings is 1. The Morgan fingerprint density at radius 2 is 1.96 bits per heavy atom. The summed E-state index contributed by atoms with van der Waals surface area (Å²) in [5.74, 6) is -3.40. The van der Waals surface area contributed by atoms with Crippen LogP contribution in [0.3, 0.4) is 0 Å². The number of nitrogens with two attached hydrogens (primary N) is 1. The molecule has 1 heterocycles. The summed E-state index contributed by atoms with van der Waals surface area (Å²) in [6.07, 6.45) is -0.0610. The van der Waals surface area contributed by atoms with Crippen LogP contribution >= 0.6 is 0 Å². The molecule has 0 spiro atoms. The molecule has 1 aromatic rings. The molecule has 0 radical (unpaired) electrons. The van der Waals surface area contributed by atoms with Gasteiger partial charge >= 0.3 is 0 Å². The monoisotopic (exact) mass is 387 g/mol. The molecule has 152 valence electrons. The third kappa shape index (κ3) is 6.48. The minimum absolute atomic E-state index is 0.00947. The van der Waals surface area contributed by atoms with Crippen LogP contribution in [0.2, 0.25) is 0 Å². The second kappa shape index (κ2) is 9.03. The lowest BCUT2D eigenvalue weighted by atomic mass is 10.0. The number of carbonyl (C=O) groups is 1. The van der Waals surface area contributed by atoms with E-state index >= 15 is 0 Å². The van der Waals surface area contributed by atoms with Crippen molar-refractivity contribution < 1.29 is 22.7 Å². The molecule has 27 heavy (non-hydrogen) atoms. The molecule has 5 nitrogen and oxygen atoms in total. The smallest absolute Gasteiger partial charge is 0.224 e. The van der Waals surface area contributed by atoms with Crippen LogP contribution < -0.4 is 11.1 Å². The van der Waals surface area contributed by atoms with Crippen molar-refractivity contribution >= 4 is 5.91 Å². The van der Waals surface area contributed by atoms with Crippen molar-refractivity contribution in [3.63, 3.8) is 0 Å². The van der Waals surface area contributed by atoms with Crippen molar-refractivity contribution in [3.8, 4) is 0 Å². The minimum atomic E-state index is -1.25. The van der Waals surface area contributed by atoms with Crippen molar-refractivity contribution in [2.75, 3.05) is 26.2 Å². The fraction of sp³-hybridized carbons (Fsp3) is 0.632. The summed E-state index contributed by atoms with van der Waals surface area (Å²) in [4.78, 5) is 14.4. The Morgan fingerprint density at radius 3 is 2.63 bits per heavy atom. The normalized spacial score (nSPS) is 19.2. The Kier molecular flexibility index (Phi) is 7.25. The maximum absolute atomic E-state index is 13.8. The van der Waals surface area contributed by atoms with Gasteiger partial charge in [0.25, 0.3) is 0 Å². The molecule has 0 aliphatic carbocycles. The standard InChI is InChI=1S/C19H28F3N3O2/c1-19(2,3)27-11-14-10-24-4-5-25(14)18(26)8-13(23)6-12-7-16(21)17(22)9-15(12)20/h7,9,13-14,24H,4-6,8,10-11,23H2,1-3H3/t13-,14-/m1/s1. The molecule has 0 bridgehead atoms. The molecule has 1 saturated heterocycles. The summed E-state index contributed by atoms with van der Waals surface area (Å²) in [5, 5.41) is 3.24. The molecule has 2 rings (SSSR count). The van der Waals surface area contributed by atoms with E-state index in [4.69, 9.17) is 10.5 Å². The zero-order valence-electron chi connectivity index (χ0n) is 16.0. The molecule has 8 heteroatoms. The zero-order valence-corrected chi connectivity index (χ0v) is 16.0. The second-order valence-electron chi connectivity index (χ2n) is 7.89. The lowest BCUT2D eigenvalue weighted by Gasteiger charge is -2.38. The molecule has 1 aliphatic heterocycles. The topological polar surface area (TPSA) is 67.6 Å². The van der Waals surface area contributed by atoms with Gasteiger partial charge in [-0.2, -0.15) is 0 Å². The molecule has 1 fully saturated rings. The lowest BCUT2D eigenvalue weighted by Crippen LogP contribution is -2.56. The van der Waals surface area contributed by atoms with Crippen LogP contribution in [0.4, 0.5) is 13.2 Å². The van der Waals surface area contributed by atoms with E-state index in [1.54, 1.807) is 4.90 Å². The molecule has 3 N–H and O–H groups in total. The fourth-order valence-electron chi connectivity index (χ4n) is 3.00. The second-order valence-corrected chi connectivity index (χ2v) is 7.89. The van der Waals surface area contributed by atoms with E-state index in [0.29, 0.717) is 32.3 Å². The summed E-state index contributed by atoms with van der Waals surface area (Å²) >= 11 is 0. The van der Waals surface area contributed by atoms with Crippen molar-refractivity contribution in [1.29, 1.82) is 0 Å². The van der Waals surface area contributed by atoms with Crippen molar-refractivity contribution in [2.24, 2.45) is 5.73 Å². The van der Waals surface area contributed by atoms with E-state index in [9.17, 15) is 18.0 Å². The Hall–Kier alpha value is -1.64. The summed E-state index contributed by atoms with van der Waals surface area (Å²) in [6, 6.07) is 0.475. The molecule has 2 atom stereocenters. The first kappa shape index (κ1) is 21.7. The highest BCUT2D eigenvalue weighted by Crippen LogP contribution is 2.17. The van der Waals surface area contributed by atoms with Gasteiger partial charge in [-0.05, 0) is 38.8 Å². The van der Waals surface area contributed by atoms with Gasteiger partial charge in [0.2, 0.25) is 5.91 Å². The van der Waals surface area contributed by atoms with Crippen LogP contribution in [0, 0.1) is 17.5 Å². The molecule has 1 aromatic carbocycles. The Bertz CT molecular complexity index is 664. The molecular weight excluding hydrogens is 359 g/mol. The van der Waals surface area contributed by atoms with Gasteiger partial charge in [-0.3, -0.25) is 4.79 Å². The predicted molar refractivity (Wildman–Crippen MR) is 96.7 cm³/mol. The van der Waals surface area contributed by atoms with Crippen LogP contribution in [0.25, 0.3) is 0 Å². The van der Waals surface area contributed by atoms with Crippen LogP contribution in [0.15, 0.2) is 12.1 Å². The Morgan fingerprint density at radius 1 is 1.30 bits per heavy atom. The van der Waals surface area contributed by atoms with E-state index in [2.05, 4.69) is 5.32 Å². The Labute approximate surface area is 158 Å². The van der Waals surface area contributed by atoms with E-state index in [1.807, 2.05) is 20.8 Å². The number of nitrogens with zero attached hydrogens (tertiary/aromatic N) is 1. The van der Waals surface area contributed by atoms with Gasteiger partial charge in [-0.25, -0.2) is 13.2 Å². The average molecular weight is 387 g/mol. The largest absolute Gasteiger partial charge is 0.374 e. The van der Waals surface area contributed by atoms with Gasteiger partial charge in [0.05, 0.1) is 18.2 Å². The van der Waals surface area contributed by atoms with Gasteiger partial charge in [0.15, 0.2) is 11.6 Å². The highest BCUT2D eigenvalue weighted by Gasteiger charge is 2.29. The van der Waals surface area contributed by atoms with Gasteiger partial charge in [-0.15, -0.1) is 0 Å². The first-order valence-corrected chi connectivity index (χ1v) is 9.10. The van der Waals surface area contributed by atoms with E-state index in [0.717, 1.165) is 6.07 Å². The highest BCUT2D eigenvalue weighted by atomic mass is 19.2. The molecule has 1 amide bonds. The van der Waals surface area contributed by atoms with Gasteiger partial charge in [-0.1, -0.05) is 0 Å². The number of benzene rings is 1. The molecular formula is C19H28F3N3O2. The van der Waals surface area contributed by atoms with Crippen LogP contribution in [-0.2, 0) is 16.0 Å². The highest BCUT2D eigenvalue weighted by molar-refractivity contribution is 5.77. The number of amides is 1. The maximum atomic E-state index is 13.8. The van der Waals surface area contributed by atoms with E-state index in [1.165, 1.54) is 0 Å². The third-order valence-corrected chi connectivity index (χ3v) is 4.39. The predicted octanol–water partition coefficient (Wildman–Crippen LogP) is 1.98. The first-order chi connectivity index (χ1) is 12.6. The van der Waals surface area contributed by atoms with Crippen molar-refractivity contribution in [1.82, 2.24) is 10.2 Å². The Balaban J connectivity index is 1.96. The molecule has 1 aliphatic rings. The maximum Gasteiger partial charge on any atom is 0.224 e. The van der Waals surface area contributed by atoms with Crippen LogP contribution in [0.1, 0.15) is 32.8 Å². The molecule has 0 saturated carbocycles. The van der Waals surface area contributed by atoms with Crippen molar-refractivity contribution in [3.05, 3.63) is 35.1 Å². The summed E-state index contributed by atoms with van der Waals surface area (Å²) < 4.78 is 45.9. The number of hydrogen-bond acceptors (Lipinski definition) is 4. The number of rotatable bonds is 6.